The van der Waals surface area contributed by atoms with E-state index in [0.717, 1.165) is 27.6 Å². The summed E-state index contributed by atoms with van der Waals surface area (Å²) in [6.07, 6.45) is 0. The van der Waals surface area contributed by atoms with Crippen molar-refractivity contribution in [2.75, 3.05) is 0 Å². The fourth-order valence-electron chi connectivity index (χ4n) is 2.74. The van der Waals surface area contributed by atoms with Gasteiger partial charge in [0.15, 0.2) is 0 Å². The van der Waals surface area contributed by atoms with Crippen molar-refractivity contribution in [3.05, 3.63) is 54.6 Å². The second-order valence-corrected chi connectivity index (χ2v) is 4.89. The Labute approximate surface area is 116 Å². The van der Waals surface area contributed by atoms with E-state index in [-0.39, 0.29) is 0 Å². The zero-order valence-corrected chi connectivity index (χ0v) is 10.6. The molecule has 1 aliphatic rings. The summed E-state index contributed by atoms with van der Waals surface area (Å²) in [6.45, 7) is 0. The lowest BCUT2D eigenvalue weighted by atomic mass is 9.79. The molecule has 0 spiro atoms. The largest absolute Gasteiger partial charge is 0.488 e. The highest BCUT2D eigenvalue weighted by Gasteiger charge is 2.21. The summed E-state index contributed by atoms with van der Waals surface area (Å²) in [5, 5.41) is 20.8. The summed E-state index contributed by atoms with van der Waals surface area (Å²) >= 11 is 0. The third-order valence-electron chi connectivity index (χ3n) is 3.68. The van der Waals surface area contributed by atoms with E-state index >= 15 is 0 Å². The van der Waals surface area contributed by atoms with Crippen LogP contribution in [0.4, 0.5) is 0 Å². The Morgan fingerprint density at radius 1 is 0.800 bits per heavy atom. The fourth-order valence-corrected chi connectivity index (χ4v) is 2.74. The molecule has 4 heteroatoms. The van der Waals surface area contributed by atoms with E-state index in [0.29, 0.717) is 11.2 Å². The molecule has 2 N–H and O–H groups in total. The van der Waals surface area contributed by atoms with E-state index in [1.54, 1.807) is 12.1 Å². The van der Waals surface area contributed by atoms with Crippen LogP contribution in [-0.2, 0) is 0 Å². The van der Waals surface area contributed by atoms with E-state index in [1.165, 1.54) is 0 Å². The minimum Gasteiger partial charge on any atom is -0.456 e. The Morgan fingerprint density at radius 2 is 1.60 bits per heavy atom. The Kier molecular flexibility index (Phi) is 2.36. The van der Waals surface area contributed by atoms with E-state index in [9.17, 15) is 10.0 Å². The van der Waals surface area contributed by atoms with Gasteiger partial charge < -0.3 is 14.8 Å². The molecule has 3 aromatic rings. The molecular formula is C16H11BO3. The minimum absolute atomic E-state index is 0.426. The zero-order valence-electron chi connectivity index (χ0n) is 10.6. The van der Waals surface area contributed by atoms with E-state index in [4.69, 9.17) is 4.74 Å². The van der Waals surface area contributed by atoms with Gasteiger partial charge in [-0.05, 0) is 28.5 Å². The SMILES string of the molecule is OB(O)c1ccc2c(c1)Oc1cccc3cccc-2c13. The second-order valence-electron chi connectivity index (χ2n) is 4.89. The molecule has 0 radical (unpaired) electrons. The maximum absolute atomic E-state index is 9.27. The van der Waals surface area contributed by atoms with Crippen molar-refractivity contribution in [2.45, 2.75) is 0 Å². The Hall–Kier alpha value is -2.30. The second kappa shape index (κ2) is 4.10. The zero-order chi connectivity index (χ0) is 13.7. The summed E-state index contributed by atoms with van der Waals surface area (Å²) in [5.41, 5.74) is 2.51. The molecule has 0 aromatic heterocycles. The summed E-state index contributed by atoms with van der Waals surface area (Å²) in [6, 6.07) is 17.3. The summed E-state index contributed by atoms with van der Waals surface area (Å²) < 4.78 is 5.92. The lowest BCUT2D eigenvalue weighted by Crippen LogP contribution is -2.29. The maximum atomic E-state index is 9.27. The molecule has 0 bridgehead atoms. The molecule has 0 fully saturated rings. The van der Waals surface area contributed by atoms with Crippen LogP contribution in [0.3, 0.4) is 0 Å². The van der Waals surface area contributed by atoms with Gasteiger partial charge in [0, 0.05) is 10.9 Å². The number of benzene rings is 3. The number of fused-ring (bicyclic) bond motifs is 2. The molecule has 4 rings (SSSR count). The Balaban J connectivity index is 2.04. The van der Waals surface area contributed by atoms with Gasteiger partial charge in [-0.1, -0.05) is 42.5 Å². The molecule has 3 nitrogen and oxygen atoms in total. The van der Waals surface area contributed by atoms with Gasteiger partial charge in [-0.25, -0.2) is 0 Å². The molecule has 0 unspecified atom stereocenters. The lowest BCUT2D eigenvalue weighted by Gasteiger charge is -2.21. The monoisotopic (exact) mass is 262 g/mol. The molecule has 20 heavy (non-hydrogen) atoms. The van der Waals surface area contributed by atoms with Crippen LogP contribution in [0.5, 0.6) is 11.5 Å². The van der Waals surface area contributed by atoms with Crippen molar-refractivity contribution >= 4 is 23.4 Å². The highest BCUT2D eigenvalue weighted by Crippen LogP contribution is 2.45. The smallest absolute Gasteiger partial charge is 0.456 e. The first kappa shape index (κ1) is 11.5. The van der Waals surface area contributed by atoms with Crippen molar-refractivity contribution < 1.29 is 14.8 Å². The van der Waals surface area contributed by atoms with Crippen LogP contribution in [0.1, 0.15) is 0 Å². The molecule has 0 atom stereocenters. The van der Waals surface area contributed by atoms with Gasteiger partial charge in [0.05, 0.1) is 0 Å². The van der Waals surface area contributed by atoms with Crippen LogP contribution in [0.25, 0.3) is 21.9 Å². The average Bonchev–Trinajstić information content (AvgIpc) is 2.47. The Morgan fingerprint density at radius 3 is 2.40 bits per heavy atom. The summed E-state index contributed by atoms with van der Waals surface area (Å²) in [4.78, 5) is 0. The van der Waals surface area contributed by atoms with E-state index in [1.807, 2.05) is 24.3 Å². The topological polar surface area (TPSA) is 49.7 Å². The van der Waals surface area contributed by atoms with Crippen LogP contribution in [0, 0.1) is 0 Å². The highest BCUT2D eigenvalue weighted by atomic mass is 16.5. The predicted molar refractivity (Wildman–Crippen MR) is 79.3 cm³/mol. The van der Waals surface area contributed by atoms with Crippen LogP contribution in [0.15, 0.2) is 54.6 Å². The Bertz CT molecular complexity index is 822. The number of rotatable bonds is 1. The molecule has 96 valence electrons. The lowest BCUT2D eigenvalue weighted by molar-refractivity contribution is 0.425. The van der Waals surface area contributed by atoms with E-state index < -0.39 is 7.12 Å². The van der Waals surface area contributed by atoms with E-state index in [2.05, 4.69) is 18.2 Å². The third kappa shape index (κ3) is 1.56. The third-order valence-corrected chi connectivity index (χ3v) is 3.68. The molecule has 0 amide bonds. The van der Waals surface area contributed by atoms with Crippen molar-refractivity contribution in [2.24, 2.45) is 0 Å². The van der Waals surface area contributed by atoms with Crippen molar-refractivity contribution in [3.63, 3.8) is 0 Å². The van der Waals surface area contributed by atoms with Gasteiger partial charge in [-0.2, -0.15) is 0 Å². The van der Waals surface area contributed by atoms with Crippen LogP contribution >= 0.6 is 0 Å². The molecule has 1 heterocycles. The van der Waals surface area contributed by atoms with Gasteiger partial charge in [0.1, 0.15) is 11.5 Å². The number of hydrogen-bond donors (Lipinski definition) is 2. The molecular weight excluding hydrogens is 251 g/mol. The first-order valence-electron chi connectivity index (χ1n) is 6.44. The normalized spacial score (nSPS) is 11.9. The highest BCUT2D eigenvalue weighted by molar-refractivity contribution is 6.58. The standard InChI is InChI=1S/C16H11BO3/c18-17(19)11-7-8-12-13-5-1-3-10-4-2-6-14(16(10)13)20-15(12)9-11/h1-9,18-19H. The summed E-state index contributed by atoms with van der Waals surface area (Å²) in [7, 11) is -1.49. The first-order valence-corrected chi connectivity index (χ1v) is 6.44. The number of ether oxygens (including phenoxy) is 1. The first-order chi connectivity index (χ1) is 9.74. The molecule has 0 aliphatic carbocycles. The van der Waals surface area contributed by atoms with Crippen molar-refractivity contribution in [1.29, 1.82) is 0 Å². The quantitative estimate of drug-likeness (QED) is 0.517. The van der Waals surface area contributed by atoms with Gasteiger partial charge in [-0.3, -0.25) is 0 Å². The van der Waals surface area contributed by atoms with Crippen molar-refractivity contribution in [3.8, 4) is 22.6 Å². The van der Waals surface area contributed by atoms with Crippen LogP contribution in [0.2, 0.25) is 0 Å². The molecule has 0 saturated carbocycles. The van der Waals surface area contributed by atoms with Gasteiger partial charge in [0.25, 0.3) is 0 Å². The molecule has 0 saturated heterocycles. The van der Waals surface area contributed by atoms with Crippen LogP contribution < -0.4 is 10.2 Å². The van der Waals surface area contributed by atoms with Gasteiger partial charge in [0.2, 0.25) is 0 Å². The fraction of sp³-hybridized carbons (Fsp3) is 0. The maximum Gasteiger partial charge on any atom is 0.488 e. The van der Waals surface area contributed by atoms with Crippen LogP contribution in [-0.4, -0.2) is 17.2 Å². The summed E-state index contributed by atoms with van der Waals surface area (Å²) in [5.74, 6) is 1.46. The number of hydrogen-bond acceptors (Lipinski definition) is 3. The predicted octanol–water partition coefficient (Wildman–Crippen LogP) is 2.29. The average molecular weight is 262 g/mol. The van der Waals surface area contributed by atoms with Crippen molar-refractivity contribution in [1.82, 2.24) is 0 Å². The van der Waals surface area contributed by atoms with Gasteiger partial charge >= 0.3 is 7.12 Å². The minimum atomic E-state index is -1.49. The molecule has 3 aromatic carbocycles. The molecule has 1 aliphatic heterocycles. The van der Waals surface area contributed by atoms with Gasteiger partial charge in [-0.15, -0.1) is 0 Å².